The molecule has 0 aliphatic carbocycles. The van der Waals surface area contributed by atoms with E-state index in [0.717, 1.165) is 30.1 Å². The normalized spacial score (nSPS) is 11.8. The molecule has 4 heteroatoms. The maximum Gasteiger partial charge on any atom is 0.227 e. The van der Waals surface area contributed by atoms with Gasteiger partial charge in [-0.1, -0.05) is 44.2 Å². The van der Waals surface area contributed by atoms with Crippen molar-refractivity contribution in [3.63, 3.8) is 0 Å². The Morgan fingerprint density at radius 3 is 2.67 bits per heavy atom. The number of hydrogen-bond donors (Lipinski definition) is 2. The fourth-order valence-corrected chi connectivity index (χ4v) is 2.30. The highest BCUT2D eigenvalue weighted by Gasteiger charge is 2.13. The minimum Gasteiger partial charge on any atom is -0.494 e. The van der Waals surface area contributed by atoms with Crippen molar-refractivity contribution < 1.29 is 9.53 Å². The number of rotatable bonds is 9. The second kappa shape index (κ2) is 9.73. The van der Waals surface area contributed by atoms with Crippen molar-refractivity contribution in [3.05, 3.63) is 60.2 Å². The summed E-state index contributed by atoms with van der Waals surface area (Å²) in [6.07, 6.45) is 0.678. The molecule has 0 radical (unpaired) electrons. The molecule has 1 unspecified atom stereocenters. The van der Waals surface area contributed by atoms with Crippen LogP contribution in [0, 0.1) is 5.92 Å². The first-order valence-corrected chi connectivity index (χ1v) is 8.47. The molecule has 4 nitrogen and oxygen atoms in total. The number of anilines is 1. The summed E-state index contributed by atoms with van der Waals surface area (Å²) in [7, 11) is 0. The van der Waals surface area contributed by atoms with E-state index in [1.165, 1.54) is 0 Å². The third-order valence-electron chi connectivity index (χ3n) is 3.78. The minimum absolute atomic E-state index is 0.0206. The van der Waals surface area contributed by atoms with E-state index in [-0.39, 0.29) is 11.8 Å². The number of para-hydroxylation sites is 1. The van der Waals surface area contributed by atoms with E-state index in [1.54, 1.807) is 0 Å². The summed E-state index contributed by atoms with van der Waals surface area (Å²) >= 11 is 0. The van der Waals surface area contributed by atoms with Crippen LogP contribution in [0.5, 0.6) is 5.75 Å². The molecule has 0 fully saturated rings. The number of hydrogen-bond acceptors (Lipinski definition) is 3. The maximum absolute atomic E-state index is 12.3. The lowest BCUT2D eigenvalue weighted by molar-refractivity contribution is -0.119. The molecular weight excluding hydrogens is 300 g/mol. The van der Waals surface area contributed by atoms with Crippen LogP contribution in [0.25, 0.3) is 0 Å². The van der Waals surface area contributed by atoms with E-state index in [2.05, 4.69) is 23.6 Å². The van der Waals surface area contributed by atoms with E-state index in [9.17, 15) is 4.79 Å². The van der Waals surface area contributed by atoms with Gasteiger partial charge < -0.3 is 15.4 Å². The zero-order chi connectivity index (χ0) is 17.2. The lowest BCUT2D eigenvalue weighted by Gasteiger charge is -2.13. The fraction of sp³-hybridized carbons (Fsp3) is 0.350. The van der Waals surface area contributed by atoms with Crippen LogP contribution in [0.1, 0.15) is 25.8 Å². The molecule has 2 aromatic carbocycles. The molecule has 2 rings (SSSR count). The molecule has 0 bridgehead atoms. The summed E-state index contributed by atoms with van der Waals surface area (Å²) in [6, 6.07) is 17.6. The first kappa shape index (κ1) is 18.0. The van der Waals surface area contributed by atoms with Crippen molar-refractivity contribution in [1.82, 2.24) is 5.32 Å². The summed E-state index contributed by atoms with van der Waals surface area (Å²) in [4.78, 5) is 12.3. The van der Waals surface area contributed by atoms with Crippen molar-refractivity contribution in [2.45, 2.75) is 26.8 Å². The van der Waals surface area contributed by atoms with Crippen molar-refractivity contribution in [3.8, 4) is 5.75 Å². The number of nitrogens with one attached hydrogen (secondary N) is 2. The topological polar surface area (TPSA) is 50.4 Å². The van der Waals surface area contributed by atoms with E-state index >= 15 is 0 Å². The van der Waals surface area contributed by atoms with Gasteiger partial charge in [0.2, 0.25) is 5.91 Å². The van der Waals surface area contributed by atoms with Gasteiger partial charge in [-0.15, -0.1) is 0 Å². The van der Waals surface area contributed by atoms with Gasteiger partial charge in [-0.05, 0) is 42.8 Å². The van der Waals surface area contributed by atoms with Crippen LogP contribution in [0.3, 0.4) is 0 Å². The zero-order valence-corrected chi connectivity index (χ0v) is 14.4. The predicted octanol–water partition coefficient (Wildman–Crippen LogP) is 3.84. The minimum atomic E-state index is -0.105. The van der Waals surface area contributed by atoms with Crippen LogP contribution >= 0.6 is 0 Å². The average Bonchev–Trinajstić information content (AvgIpc) is 2.61. The predicted molar refractivity (Wildman–Crippen MR) is 98.2 cm³/mol. The zero-order valence-electron chi connectivity index (χ0n) is 14.4. The van der Waals surface area contributed by atoms with Gasteiger partial charge in [0.1, 0.15) is 5.75 Å². The highest BCUT2D eigenvalue weighted by molar-refractivity contribution is 5.92. The molecular formula is C20H26N2O2. The van der Waals surface area contributed by atoms with Crippen LogP contribution in [0.4, 0.5) is 5.69 Å². The molecule has 2 aromatic rings. The van der Waals surface area contributed by atoms with Crippen LogP contribution in [0.15, 0.2) is 54.6 Å². The molecule has 128 valence electrons. The van der Waals surface area contributed by atoms with E-state index in [0.29, 0.717) is 13.0 Å². The molecule has 0 aliphatic heterocycles. The molecule has 0 saturated heterocycles. The molecule has 1 atom stereocenters. The highest BCUT2D eigenvalue weighted by atomic mass is 16.5. The summed E-state index contributed by atoms with van der Waals surface area (Å²) in [5.41, 5.74) is 2.00. The Labute approximate surface area is 144 Å². The Kier molecular flexibility index (Phi) is 7.30. The van der Waals surface area contributed by atoms with E-state index in [4.69, 9.17) is 4.74 Å². The van der Waals surface area contributed by atoms with Gasteiger partial charge in [-0.3, -0.25) is 4.79 Å². The van der Waals surface area contributed by atoms with Gasteiger partial charge in [0.05, 0.1) is 6.61 Å². The Morgan fingerprint density at radius 1 is 1.12 bits per heavy atom. The third kappa shape index (κ3) is 6.05. The summed E-state index contributed by atoms with van der Waals surface area (Å²) < 4.78 is 5.65. The van der Waals surface area contributed by atoms with Crippen LogP contribution in [0.2, 0.25) is 0 Å². The lowest BCUT2D eigenvalue weighted by Crippen LogP contribution is -2.22. The smallest absolute Gasteiger partial charge is 0.227 e. The molecule has 0 spiro atoms. The van der Waals surface area contributed by atoms with E-state index in [1.807, 2.05) is 55.5 Å². The summed E-state index contributed by atoms with van der Waals surface area (Å²) in [6.45, 7) is 6.26. The van der Waals surface area contributed by atoms with Gasteiger partial charge in [0.15, 0.2) is 0 Å². The number of benzene rings is 2. The van der Waals surface area contributed by atoms with Gasteiger partial charge in [0, 0.05) is 18.2 Å². The second-order valence-corrected chi connectivity index (χ2v) is 5.82. The molecule has 2 N–H and O–H groups in total. The highest BCUT2D eigenvalue weighted by Crippen LogP contribution is 2.14. The van der Waals surface area contributed by atoms with Gasteiger partial charge >= 0.3 is 0 Å². The molecule has 0 aliphatic rings. The summed E-state index contributed by atoms with van der Waals surface area (Å²) in [5, 5.41) is 6.27. The van der Waals surface area contributed by atoms with E-state index < -0.39 is 0 Å². The van der Waals surface area contributed by atoms with Gasteiger partial charge in [0.25, 0.3) is 0 Å². The standard InChI is InChI=1S/C20H26N2O2/c1-3-21-15-17-8-7-9-18(14-17)22-20(23)16(2)12-13-24-19-10-5-4-6-11-19/h4-11,14,16,21H,3,12-13,15H2,1-2H3,(H,22,23). The Bertz CT molecular complexity index is 629. The fourth-order valence-electron chi connectivity index (χ4n) is 2.30. The van der Waals surface area contributed by atoms with Gasteiger partial charge in [-0.25, -0.2) is 0 Å². The first-order chi connectivity index (χ1) is 11.7. The molecule has 0 heterocycles. The Morgan fingerprint density at radius 2 is 1.92 bits per heavy atom. The Balaban J connectivity index is 1.78. The maximum atomic E-state index is 12.3. The molecule has 24 heavy (non-hydrogen) atoms. The quantitative estimate of drug-likeness (QED) is 0.736. The van der Waals surface area contributed by atoms with Gasteiger partial charge in [-0.2, -0.15) is 0 Å². The third-order valence-corrected chi connectivity index (χ3v) is 3.78. The number of carbonyl (C=O) groups excluding carboxylic acids is 1. The van der Waals surface area contributed by atoms with Crippen molar-refractivity contribution in [2.24, 2.45) is 5.92 Å². The van der Waals surface area contributed by atoms with Crippen molar-refractivity contribution in [2.75, 3.05) is 18.5 Å². The molecule has 1 amide bonds. The van der Waals surface area contributed by atoms with Crippen molar-refractivity contribution in [1.29, 1.82) is 0 Å². The number of ether oxygens (including phenoxy) is 1. The monoisotopic (exact) mass is 326 g/mol. The lowest BCUT2D eigenvalue weighted by atomic mass is 10.1. The molecule has 0 saturated carbocycles. The second-order valence-electron chi connectivity index (χ2n) is 5.82. The Hall–Kier alpha value is -2.33. The SMILES string of the molecule is CCNCc1cccc(NC(=O)C(C)CCOc2ccccc2)c1. The van der Waals surface area contributed by atoms with Crippen LogP contribution < -0.4 is 15.4 Å². The largest absolute Gasteiger partial charge is 0.494 e. The van der Waals surface area contributed by atoms with Crippen LogP contribution in [-0.4, -0.2) is 19.1 Å². The number of carbonyl (C=O) groups is 1. The van der Waals surface area contributed by atoms with Crippen LogP contribution in [-0.2, 0) is 11.3 Å². The summed E-state index contributed by atoms with van der Waals surface area (Å²) in [5.74, 6) is 0.750. The first-order valence-electron chi connectivity index (χ1n) is 8.47. The number of amides is 1. The van der Waals surface area contributed by atoms with Crippen molar-refractivity contribution >= 4 is 11.6 Å². The molecule has 0 aromatic heterocycles. The average molecular weight is 326 g/mol.